The van der Waals surface area contributed by atoms with Crippen molar-refractivity contribution in [2.45, 2.75) is 31.8 Å². The summed E-state index contributed by atoms with van der Waals surface area (Å²) in [7, 11) is 0. The highest BCUT2D eigenvalue weighted by Gasteiger charge is 2.39. The van der Waals surface area contributed by atoms with Gasteiger partial charge in [-0.3, -0.25) is 14.5 Å². The maximum Gasteiger partial charge on any atom is 0.261 e. The van der Waals surface area contributed by atoms with Gasteiger partial charge in [-0.2, -0.15) is 0 Å². The maximum absolute atomic E-state index is 13.2. The van der Waals surface area contributed by atoms with Crippen LogP contribution in [0.4, 0.5) is 8.78 Å². The van der Waals surface area contributed by atoms with Crippen LogP contribution in [0.5, 0.6) is 0 Å². The molecule has 1 aromatic rings. The Bertz CT molecular complexity index is 576. The van der Waals surface area contributed by atoms with Crippen molar-refractivity contribution in [2.24, 2.45) is 5.92 Å². The zero-order chi connectivity index (χ0) is 15.1. The van der Waals surface area contributed by atoms with Crippen LogP contribution < -0.4 is 0 Å². The Morgan fingerprint density at radius 2 is 1.57 bits per heavy atom. The van der Waals surface area contributed by atoms with Crippen molar-refractivity contribution < 1.29 is 23.5 Å². The zero-order valence-electron chi connectivity index (χ0n) is 11.3. The highest BCUT2D eigenvalue weighted by atomic mass is 19.2. The fraction of sp³-hybridized carbons (Fsp3) is 0.467. The quantitative estimate of drug-likeness (QED) is 0.850. The van der Waals surface area contributed by atoms with E-state index >= 15 is 0 Å². The van der Waals surface area contributed by atoms with Crippen LogP contribution in [-0.4, -0.2) is 34.5 Å². The number of hydrogen-bond donors (Lipinski definition) is 1. The minimum atomic E-state index is -1.14. The second-order valence-corrected chi connectivity index (χ2v) is 5.64. The normalized spacial score (nSPS) is 25.4. The van der Waals surface area contributed by atoms with Crippen molar-refractivity contribution in [1.29, 1.82) is 0 Å². The number of nitrogens with zero attached hydrogens (tertiary/aromatic N) is 1. The Labute approximate surface area is 120 Å². The molecule has 0 aromatic heterocycles. The molecule has 1 aliphatic carbocycles. The van der Waals surface area contributed by atoms with Crippen molar-refractivity contribution in [1.82, 2.24) is 4.90 Å². The number of benzene rings is 1. The van der Waals surface area contributed by atoms with E-state index in [0.717, 1.165) is 36.3 Å². The van der Waals surface area contributed by atoms with Gasteiger partial charge in [-0.25, -0.2) is 8.78 Å². The smallest absolute Gasteiger partial charge is 0.261 e. The van der Waals surface area contributed by atoms with Crippen LogP contribution in [0.3, 0.4) is 0 Å². The van der Waals surface area contributed by atoms with Gasteiger partial charge in [0.25, 0.3) is 11.8 Å². The van der Waals surface area contributed by atoms with Gasteiger partial charge in [0.2, 0.25) is 0 Å². The van der Waals surface area contributed by atoms with Crippen molar-refractivity contribution in [3.05, 3.63) is 34.9 Å². The van der Waals surface area contributed by atoms with Gasteiger partial charge in [-0.15, -0.1) is 0 Å². The fourth-order valence-electron chi connectivity index (χ4n) is 3.09. The number of aliphatic hydroxyl groups is 1. The first-order chi connectivity index (χ1) is 9.99. The molecule has 2 atom stereocenters. The van der Waals surface area contributed by atoms with Gasteiger partial charge in [0.05, 0.1) is 17.2 Å². The summed E-state index contributed by atoms with van der Waals surface area (Å²) < 4.78 is 26.5. The average Bonchev–Trinajstić information content (AvgIpc) is 2.67. The van der Waals surface area contributed by atoms with Gasteiger partial charge in [0.1, 0.15) is 0 Å². The SMILES string of the molecule is O=C1c2cc(F)c(F)cc2C(=O)N1CC1CCCCC1O. The van der Waals surface area contributed by atoms with E-state index in [1.807, 2.05) is 0 Å². The molecule has 6 heteroatoms. The Morgan fingerprint density at radius 3 is 2.10 bits per heavy atom. The van der Waals surface area contributed by atoms with Crippen LogP contribution in [0.25, 0.3) is 0 Å². The summed E-state index contributed by atoms with van der Waals surface area (Å²) in [4.78, 5) is 25.4. The molecule has 4 nitrogen and oxygen atoms in total. The topological polar surface area (TPSA) is 57.6 Å². The van der Waals surface area contributed by atoms with E-state index in [1.54, 1.807) is 0 Å². The number of carbonyl (C=O) groups is 2. The molecule has 1 saturated carbocycles. The van der Waals surface area contributed by atoms with E-state index in [2.05, 4.69) is 0 Å². The standard InChI is InChI=1S/C15H15F2NO3/c16-11-5-9-10(6-12(11)17)15(21)18(14(9)20)7-8-3-1-2-4-13(8)19/h5-6,8,13,19H,1-4,7H2. The van der Waals surface area contributed by atoms with E-state index in [-0.39, 0.29) is 23.6 Å². The van der Waals surface area contributed by atoms with E-state index < -0.39 is 29.6 Å². The predicted molar refractivity (Wildman–Crippen MR) is 69.7 cm³/mol. The first-order valence-corrected chi connectivity index (χ1v) is 7.02. The minimum absolute atomic E-state index is 0.0940. The van der Waals surface area contributed by atoms with Crippen molar-refractivity contribution >= 4 is 11.8 Å². The van der Waals surface area contributed by atoms with Crippen LogP contribution in [0.15, 0.2) is 12.1 Å². The number of fused-ring (bicyclic) bond motifs is 1. The summed E-state index contributed by atoms with van der Waals surface area (Å²) in [5.41, 5.74) is -0.214. The molecule has 21 heavy (non-hydrogen) atoms. The Kier molecular flexibility index (Phi) is 3.49. The Hall–Kier alpha value is -1.82. The summed E-state index contributed by atoms with van der Waals surface area (Å²) >= 11 is 0. The second kappa shape index (κ2) is 5.18. The van der Waals surface area contributed by atoms with Gasteiger partial charge >= 0.3 is 0 Å². The van der Waals surface area contributed by atoms with E-state index in [0.29, 0.717) is 6.42 Å². The van der Waals surface area contributed by atoms with E-state index in [9.17, 15) is 23.5 Å². The number of hydrogen-bond acceptors (Lipinski definition) is 3. The average molecular weight is 295 g/mol. The lowest BCUT2D eigenvalue weighted by Gasteiger charge is -2.30. The Balaban J connectivity index is 1.86. The third-order valence-corrected chi connectivity index (χ3v) is 4.30. The van der Waals surface area contributed by atoms with E-state index in [1.165, 1.54) is 0 Å². The molecule has 2 aliphatic rings. The lowest BCUT2D eigenvalue weighted by atomic mass is 9.86. The number of carbonyl (C=O) groups excluding carboxylic acids is 2. The number of amides is 2. The largest absolute Gasteiger partial charge is 0.393 e. The van der Waals surface area contributed by atoms with Gasteiger partial charge < -0.3 is 5.11 Å². The molecule has 0 spiro atoms. The summed E-state index contributed by atoms with van der Waals surface area (Å²) in [6.45, 7) is 0.0940. The molecule has 0 radical (unpaired) electrons. The molecule has 2 amide bonds. The van der Waals surface area contributed by atoms with Gasteiger partial charge in [0.15, 0.2) is 11.6 Å². The molecule has 0 bridgehead atoms. The third-order valence-electron chi connectivity index (χ3n) is 4.30. The minimum Gasteiger partial charge on any atom is -0.393 e. The monoisotopic (exact) mass is 295 g/mol. The Morgan fingerprint density at radius 1 is 1.05 bits per heavy atom. The summed E-state index contributed by atoms with van der Waals surface area (Å²) in [5, 5.41) is 9.94. The van der Waals surface area contributed by atoms with Crippen LogP contribution in [0.1, 0.15) is 46.4 Å². The van der Waals surface area contributed by atoms with Gasteiger partial charge in [-0.1, -0.05) is 12.8 Å². The lowest BCUT2D eigenvalue weighted by molar-refractivity contribution is 0.0388. The van der Waals surface area contributed by atoms with Crippen molar-refractivity contribution in [3.63, 3.8) is 0 Å². The fourth-order valence-corrected chi connectivity index (χ4v) is 3.09. The molecular formula is C15H15F2NO3. The van der Waals surface area contributed by atoms with Crippen LogP contribution >= 0.6 is 0 Å². The number of aliphatic hydroxyl groups excluding tert-OH is 1. The highest BCUT2D eigenvalue weighted by molar-refractivity contribution is 6.21. The number of imide groups is 1. The molecule has 3 rings (SSSR count). The van der Waals surface area contributed by atoms with Crippen LogP contribution in [-0.2, 0) is 0 Å². The summed E-state index contributed by atoms with van der Waals surface area (Å²) in [6, 6.07) is 1.53. The molecule has 1 N–H and O–H groups in total. The number of rotatable bonds is 2. The molecule has 2 unspecified atom stereocenters. The van der Waals surface area contributed by atoms with E-state index in [4.69, 9.17) is 0 Å². The molecule has 1 aromatic carbocycles. The molecule has 1 heterocycles. The predicted octanol–water partition coefficient (Wildman–Crippen LogP) is 2.11. The van der Waals surface area contributed by atoms with Gasteiger partial charge in [0, 0.05) is 12.5 Å². The molecule has 1 fully saturated rings. The zero-order valence-corrected chi connectivity index (χ0v) is 11.3. The van der Waals surface area contributed by atoms with Crippen LogP contribution in [0, 0.1) is 17.6 Å². The summed E-state index contributed by atoms with van der Waals surface area (Å²) in [5.74, 6) is -3.70. The maximum atomic E-state index is 13.2. The van der Waals surface area contributed by atoms with Crippen molar-refractivity contribution in [3.8, 4) is 0 Å². The first-order valence-electron chi connectivity index (χ1n) is 7.02. The lowest BCUT2D eigenvalue weighted by Crippen LogP contribution is -2.39. The third kappa shape index (κ3) is 2.33. The van der Waals surface area contributed by atoms with Gasteiger partial charge in [-0.05, 0) is 25.0 Å². The summed E-state index contributed by atoms with van der Waals surface area (Å²) in [6.07, 6.45) is 2.70. The number of halogens is 2. The molecular weight excluding hydrogens is 280 g/mol. The van der Waals surface area contributed by atoms with Crippen molar-refractivity contribution in [2.75, 3.05) is 6.54 Å². The molecule has 112 valence electrons. The first kappa shape index (κ1) is 14.1. The highest BCUT2D eigenvalue weighted by Crippen LogP contribution is 2.30. The molecule has 0 saturated heterocycles. The van der Waals surface area contributed by atoms with Crippen LogP contribution in [0.2, 0.25) is 0 Å². The molecule has 1 aliphatic heterocycles. The second-order valence-electron chi connectivity index (χ2n) is 5.64.